The van der Waals surface area contributed by atoms with E-state index in [1.165, 1.54) is 0 Å². The van der Waals surface area contributed by atoms with Crippen molar-refractivity contribution in [1.82, 2.24) is 0 Å². The summed E-state index contributed by atoms with van der Waals surface area (Å²) in [5, 5.41) is 0. The van der Waals surface area contributed by atoms with E-state index in [-0.39, 0.29) is 0 Å². The minimum Gasteiger partial charge on any atom is -0.171 e. The van der Waals surface area contributed by atoms with Gasteiger partial charge in [-0.15, -0.1) is 0 Å². The lowest BCUT2D eigenvalue weighted by Gasteiger charge is -2.29. The van der Waals surface area contributed by atoms with Gasteiger partial charge in [-0.3, -0.25) is 0 Å². The first-order valence-electron chi connectivity index (χ1n) is 4.60. The van der Waals surface area contributed by atoms with Gasteiger partial charge in [-0.2, -0.15) is 13.2 Å². The predicted octanol–water partition coefficient (Wildman–Crippen LogP) is 3.77. The molecule has 0 radical (unpaired) electrons. The minimum absolute atomic E-state index is 0.311. The van der Waals surface area contributed by atoms with Crippen molar-refractivity contribution in [2.45, 2.75) is 45.2 Å². The summed E-state index contributed by atoms with van der Waals surface area (Å²) in [6, 6.07) is 0. The van der Waals surface area contributed by atoms with Crippen molar-refractivity contribution in [2.75, 3.05) is 0 Å². The van der Waals surface area contributed by atoms with Crippen LogP contribution in [0.2, 0.25) is 0 Å². The summed E-state index contributed by atoms with van der Waals surface area (Å²) in [5.74, 6) is -0.707. The lowest BCUT2D eigenvalue weighted by molar-refractivity contribution is -0.185. The molecule has 1 saturated carbocycles. The molecule has 12 heavy (non-hydrogen) atoms. The fourth-order valence-electron chi connectivity index (χ4n) is 1.96. The van der Waals surface area contributed by atoms with E-state index in [1.807, 2.05) is 6.92 Å². The van der Waals surface area contributed by atoms with Gasteiger partial charge < -0.3 is 0 Å². The van der Waals surface area contributed by atoms with Crippen molar-refractivity contribution in [2.24, 2.45) is 11.8 Å². The number of halogens is 3. The average molecular weight is 180 g/mol. The summed E-state index contributed by atoms with van der Waals surface area (Å²) < 4.78 is 36.8. The molecule has 1 aliphatic rings. The van der Waals surface area contributed by atoms with Gasteiger partial charge in [-0.05, 0) is 18.8 Å². The Labute approximate surface area is 71.1 Å². The molecule has 1 fully saturated rings. The molecule has 0 amide bonds. The lowest BCUT2D eigenvalue weighted by atomic mass is 9.80. The maximum Gasteiger partial charge on any atom is 0.391 e. The van der Waals surface area contributed by atoms with Gasteiger partial charge in [0.1, 0.15) is 0 Å². The SMILES string of the molecule is CCC1CCCC(C(F)(F)F)C1. The highest BCUT2D eigenvalue weighted by Gasteiger charge is 2.41. The summed E-state index contributed by atoms with van der Waals surface area (Å²) in [4.78, 5) is 0. The molecule has 0 bridgehead atoms. The number of hydrogen-bond acceptors (Lipinski definition) is 0. The smallest absolute Gasteiger partial charge is 0.171 e. The predicted molar refractivity (Wildman–Crippen MR) is 41.8 cm³/mol. The van der Waals surface area contributed by atoms with Crippen LogP contribution < -0.4 is 0 Å². The Hall–Kier alpha value is -0.210. The van der Waals surface area contributed by atoms with E-state index in [1.54, 1.807) is 0 Å². The van der Waals surface area contributed by atoms with Crippen LogP contribution in [0.15, 0.2) is 0 Å². The van der Waals surface area contributed by atoms with Crippen LogP contribution >= 0.6 is 0 Å². The summed E-state index contributed by atoms with van der Waals surface area (Å²) in [6.45, 7) is 1.98. The van der Waals surface area contributed by atoms with Gasteiger partial charge in [0.15, 0.2) is 0 Å². The highest BCUT2D eigenvalue weighted by Crippen LogP contribution is 2.40. The second kappa shape index (κ2) is 3.67. The Kier molecular flexibility index (Phi) is 3.02. The van der Waals surface area contributed by atoms with Gasteiger partial charge in [0.05, 0.1) is 5.92 Å². The Balaban J connectivity index is 2.46. The summed E-state index contributed by atoms with van der Waals surface area (Å²) >= 11 is 0. The number of hydrogen-bond donors (Lipinski definition) is 0. The zero-order valence-corrected chi connectivity index (χ0v) is 7.32. The van der Waals surface area contributed by atoms with E-state index < -0.39 is 12.1 Å². The molecular formula is C9H15F3. The average Bonchev–Trinajstić information content (AvgIpc) is 2.03. The quantitative estimate of drug-likeness (QED) is 0.576. The first-order valence-corrected chi connectivity index (χ1v) is 4.60. The van der Waals surface area contributed by atoms with Crippen LogP contribution in [0.5, 0.6) is 0 Å². The van der Waals surface area contributed by atoms with Crippen molar-refractivity contribution < 1.29 is 13.2 Å². The van der Waals surface area contributed by atoms with E-state index in [0.29, 0.717) is 18.8 Å². The van der Waals surface area contributed by atoms with Crippen molar-refractivity contribution in [3.05, 3.63) is 0 Å². The van der Waals surface area contributed by atoms with E-state index in [0.717, 1.165) is 19.3 Å². The first-order chi connectivity index (χ1) is 5.54. The third kappa shape index (κ3) is 2.39. The third-order valence-electron chi connectivity index (χ3n) is 2.82. The molecule has 0 N–H and O–H groups in total. The van der Waals surface area contributed by atoms with Gasteiger partial charge in [0, 0.05) is 0 Å². The zero-order valence-electron chi connectivity index (χ0n) is 7.32. The van der Waals surface area contributed by atoms with Gasteiger partial charge in [0.2, 0.25) is 0 Å². The Bertz CT molecular complexity index is 139. The van der Waals surface area contributed by atoms with E-state index in [2.05, 4.69) is 0 Å². The molecule has 0 spiro atoms. The molecule has 2 atom stereocenters. The van der Waals surface area contributed by atoms with Gasteiger partial charge in [-0.1, -0.05) is 26.2 Å². The van der Waals surface area contributed by atoms with Crippen molar-refractivity contribution in [1.29, 1.82) is 0 Å². The van der Waals surface area contributed by atoms with Gasteiger partial charge in [-0.25, -0.2) is 0 Å². The topological polar surface area (TPSA) is 0 Å². The van der Waals surface area contributed by atoms with Gasteiger partial charge in [0.25, 0.3) is 0 Å². The second-order valence-corrected chi connectivity index (χ2v) is 3.68. The Morgan fingerprint density at radius 1 is 1.25 bits per heavy atom. The Morgan fingerprint density at radius 2 is 1.92 bits per heavy atom. The molecular weight excluding hydrogens is 165 g/mol. The maximum atomic E-state index is 12.3. The highest BCUT2D eigenvalue weighted by atomic mass is 19.4. The van der Waals surface area contributed by atoms with Crippen molar-refractivity contribution in [3.63, 3.8) is 0 Å². The molecule has 0 aliphatic heterocycles. The molecule has 0 aromatic carbocycles. The van der Waals surface area contributed by atoms with Crippen LogP contribution in [0.3, 0.4) is 0 Å². The van der Waals surface area contributed by atoms with E-state index in [9.17, 15) is 13.2 Å². The molecule has 2 unspecified atom stereocenters. The normalized spacial score (nSPS) is 32.0. The van der Waals surface area contributed by atoms with Crippen LogP contribution in [0.25, 0.3) is 0 Å². The second-order valence-electron chi connectivity index (χ2n) is 3.68. The van der Waals surface area contributed by atoms with Crippen LogP contribution in [0.1, 0.15) is 39.0 Å². The highest BCUT2D eigenvalue weighted by molar-refractivity contribution is 4.76. The fraction of sp³-hybridized carbons (Fsp3) is 1.00. The monoisotopic (exact) mass is 180 g/mol. The van der Waals surface area contributed by atoms with Gasteiger partial charge >= 0.3 is 6.18 Å². The van der Waals surface area contributed by atoms with Crippen molar-refractivity contribution >= 4 is 0 Å². The van der Waals surface area contributed by atoms with Crippen LogP contribution in [0, 0.1) is 11.8 Å². The summed E-state index contributed by atoms with van der Waals surface area (Å²) in [7, 11) is 0. The van der Waals surface area contributed by atoms with Crippen LogP contribution in [-0.4, -0.2) is 6.18 Å². The van der Waals surface area contributed by atoms with E-state index in [4.69, 9.17) is 0 Å². The number of rotatable bonds is 1. The molecule has 0 aromatic heterocycles. The molecule has 3 heteroatoms. The number of alkyl halides is 3. The standard InChI is InChI=1S/C9H15F3/c1-2-7-4-3-5-8(6-7)9(10,11)12/h7-8H,2-6H2,1H3. The minimum atomic E-state index is -3.95. The van der Waals surface area contributed by atoms with Crippen LogP contribution in [0.4, 0.5) is 13.2 Å². The lowest BCUT2D eigenvalue weighted by Crippen LogP contribution is -2.28. The zero-order chi connectivity index (χ0) is 9.19. The molecule has 0 saturated heterocycles. The summed E-state index contributed by atoms with van der Waals surface area (Å²) in [5.41, 5.74) is 0. The molecule has 0 heterocycles. The third-order valence-corrected chi connectivity index (χ3v) is 2.82. The molecule has 1 rings (SSSR count). The van der Waals surface area contributed by atoms with E-state index >= 15 is 0 Å². The first kappa shape index (κ1) is 9.87. The molecule has 0 aromatic rings. The largest absolute Gasteiger partial charge is 0.391 e. The van der Waals surface area contributed by atoms with Crippen LogP contribution in [-0.2, 0) is 0 Å². The summed E-state index contributed by atoms with van der Waals surface area (Å²) in [6.07, 6.45) is -0.605. The fourth-order valence-corrected chi connectivity index (χ4v) is 1.96. The molecule has 0 nitrogen and oxygen atoms in total. The maximum absolute atomic E-state index is 12.3. The molecule has 72 valence electrons. The Morgan fingerprint density at radius 3 is 2.42 bits per heavy atom. The van der Waals surface area contributed by atoms with Crippen molar-refractivity contribution in [3.8, 4) is 0 Å². The molecule has 1 aliphatic carbocycles.